The smallest absolute Gasteiger partial charge is 0.237 e. The molecule has 0 N–H and O–H groups in total. The van der Waals surface area contributed by atoms with Crippen molar-refractivity contribution in [1.29, 1.82) is 0 Å². The maximum Gasteiger partial charge on any atom is 0.237 e. The molecule has 0 bridgehead atoms. The zero-order valence-electron chi connectivity index (χ0n) is 12.1. The maximum absolute atomic E-state index is 12.0. The van der Waals surface area contributed by atoms with E-state index in [0.717, 1.165) is 31.6 Å². The van der Waals surface area contributed by atoms with Crippen LogP contribution in [0.5, 0.6) is 0 Å². The van der Waals surface area contributed by atoms with E-state index in [0.29, 0.717) is 0 Å². The molecule has 0 radical (unpaired) electrons. The standard InChI is InChI=1S/C14H25NO3S/c1-4-5-10-19(17,18)11-14(16)15(3)13-8-6-12(2)7-9-13/h4-5,12-13H,6-11H2,1-3H3/b5-4-. The van der Waals surface area contributed by atoms with Crippen LogP contribution in [0.4, 0.5) is 0 Å². The summed E-state index contributed by atoms with van der Waals surface area (Å²) in [6, 6.07) is 0.209. The normalized spacial score (nSPS) is 24.6. The van der Waals surface area contributed by atoms with Gasteiger partial charge in [0.05, 0.1) is 5.75 Å². The minimum Gasteiger partial charge on any atom is -0.342 e. The monoisotopic (exact) mass is 287 g/mol. The second-order valence-electron chi connectivity index (χ2n) is 5.54. The summed E-state index contributed by atoms with van der Waals surface area (Å²) in [4.78, 5) is 13.7. The minimum absolute atomic E-state index is 0.0508. The first-order valence-electron chi connectivity index (χ1n) is 6.93. The van der Waals surface area contributed by atoms with Crippen LogP contribution < -0.4 is 0 Å². The molecule has 1 aliphatic carbocycles. The molecule has 0 aromatic heterocycles. The van der Waals surface area contributed by atoms with Gasteiger partial charge in [0.1, 0.15) is 5.75 Å². The highest BCUT2D eigenvalue weighted by molar-refractivity contribution is 7.92. The molecule has 0 aromatic rings. The van der Waals surface area contributed by atoms with E-state index < -0.39 is 9.84 Å². The predicted octanol–water partition coefficient (Wildman–Crippen LogP) is 2.01. The molecule has 1 amide bonds. The van der Waals surface area contributed by atoms with Crippen LogP contribution in [0.1, 0.15) is 39.5 Å². The van der Waals surface area contributed by atoms with E-state index in [1.165, 1.54) is 0 Å². The van der Waals surface area contributed by atoms with Gasteiger partial charge in [0.15, 0.2) is 9.84 Å². The fourth-order valence-corrected chi connectivity index (χ4v) is 3.61. The quantitative estimate of drug-likeness (QED) is 0.727. The third-order valence-electron chi connectivity index (χ3n) is 3.86. The van der Waals surface area contributed by atoms with Crippen molar-refractivity contribution in [3.05, 3.63) is 12.2 Å². The molecule has 1 rings (SSSR count). The first kappa shape index (κ1) is 16.2. The van der Waals surface area contributed by atoms with Crippen LogP contribution in [0.3, 0.4) is 0 Å². The zero-order valence-corrected chi connectivity index (χ0v) is 12.9. The third kappa shape index (κ3) is 5.35. The SMILES string of the molecule is C/C=C\CS(=O)(=O)CC(=O)N(C)C1CCC(C)CC1. The Hall–Kier alpha value is -0.840. The molecule has 0 saturated heterocycles. The number of nitrogens with zero attached hydrogens (tertiary/aromatic N) is 1. The largest absolute Gasteiger partial charge is 0.342 e. The lowest BCUT2D eigenvalue weighted by Crippen LogP contribution is -2.42. The highest BCUT2D eigenvalue weighted by atomic mass is 32.2. The zero-order chi connectivity index (χ0) is 14.5. The molecule has 4 nitrogen and oxygen atoms in total. The second kappa shape index (κ2) is 7.08. The van der Waals surface area contributed by atoms with Gasteiger partial charge in [0.2, 0.25) is 5.91 Å². The summed E-state index contributed by atoms with van der Waals surface area (Å²) in [5, 5.41) is 0. The lowest BCUT2D eigenvalue weighted by Gasteiger charge is -2.33. The van der Waals surface area contributed by atoms with E-state index in [4.69, 9.17) is 0 Å². The highest BCUT2D eigenvalue weighted by Crippen LogP contribution is 2.26. The Balaban J connectivity index is 2.53. The summed E-state index contributed by atoms with van der Waals surface area (Å²) < 4.78 is 23.5. The van der Waals surface area contributed by atoms with Crippen LogP contribution in [0.15, 0.2) is 12.2 Å². The molecule has 0 heterocycles. The highest BCUT2D eigenvalue weighted by Gasteiger charge is 2.27. The van der Waals surface area contributed by atoms with Gasteiger partial charge in [0.25, 0.3) is 0 Å². The van der Waals surface area contributed by atoms with Crippen LogP contribution in [0.2, 0.25) is 0 Å². The fraction of sp³-hybridized carbons (Fsp3) is 0.786. The lowest BCUT2D eigenvalue weighted by atomic mass is 9.87. The Labute approximate surface area is 116 Å². The Morgan fingerprint density at radius 1 is 1.26 bits per heavy atom. The number of amides is 1. The third-order valence-corrected chi connectivity index (χ3v) is 5.24. The molecule has 1 aliphatic rings. The van der Waals surface area contributed by atoms with Crippen molar-refractivity contribution in [3.63, 3.8) is 0 Å². The van der Waals surface area contributed by atoms with Crippen LogP contribution in [0, 0.1) is 5.92 Å². The van der Waals surface area contributed by atoms with Gasteiger partial charge in [-0.15, -0.1) is 0 Å². The number of sulfone groups is 1. The summed E-state index contributed by atoms with van der Waals surface area (Å²) in [5.41, 5.74) is 0. The molecule has 0 spiro atoms. The van der Waals surface area contributed by atoms with Crippen molar-refractivity contribution in [1.82, 2.24) is 4.90 Å². The van der Waals surface area contributed by atoms with E-state index in [1.54, 1.807) is 31.0 Å². The van der Waals surface area contributed by atoms with Crippen molar-refractivity contribution < 1.29 is 13.2 Å². The van der Waals surface area contributed by atoms with Crippen LogP contribution in [0.25, 0.3) is 0 Å². The topological polar surface area (TPSA) is 54.5 Å². The molecule has 110 valence electrons. The molecule has 5 heteroatoms. The number of hydrogen-bond acceptors (Lipinski definition) is 3. The van der Waals surface area contributed by atoms with Gasteiger partial charge in [-0.2, -0.15) is 0 Å². The van der Waals surface area contributed by atoms with Gasteiger partial charge in [-0.05, 0) is 38.5 Å². The van der Waals surface area contributed by atoms with Crippen LogP contribution >= 0.6 is 0 Å². The average Bonchev–Trinajstić information content (AvgIpc) is 2.36. The molecule has 1 saturated carbocycles. The molecule has 0 unspecified atom stereocenters. The van der Waals surface area contributed by atoms with E-state index in [2.05, 4.69) is 6.92 Å². The summed E-state index contributed by atoms with van der Waals surface area (Å²) in [6.07, 6.45) is 7.47. The van der Waals surface area contributed by atoms with Crippen LogP contribution in [-0.4, -0.2) is 43.8 Å². The first-order chi connectivity index (χ1) is 8.85. The van der Waals surface area contributed by atoms with Gasteiger partial charge in [-0.25, -0.2) is 8.42 Å². The number of carbonyl (C=O) groups excluding carboxylic acids is 1. The Kier molecular flexibility index (Phi) is 6.04. The van der Waals surface area contributed by atoms with Crippen LogP contribution in [-0.2, 0) is 14.6 Å². The van der Waals surface area contributed by atoms with Gasteiger partial charge >= 0.3 is 0 Å². The van der Waals surface area contributed by atoms with E-state index in [1.807, 2.05) is 0 Å². The number of carbonyl (C=O) groups is 1. The van der Waals surface area contributed by atoms with Crippen molar-refractivity contribution >= 4 is 15.7 Å². The minimum atomic E-state index is -3.32. The Morgan fingerprint density at radius 3 is 2.37 bits per heavy atom. The molecular weight excluding hydrogens is 262 g/mol. The first-order valence-corrected chi connectivity index (χ1v) is 8.75. The molecule has 0 atom stereocenters. The number of hydrogen-bond donors (Lipinski definition) is 0. The Morgan fingerprint density at radius 2 is 1.84 bits per heavy atom. The van der Waals surface area contributed by atoms with Crippen molar-refractivity contribution in [2.24, 2.45) is 5.92 Å². The predicted molar refractivity (Wildman–Crippen MR) is 77.7 cm³/mol. The molecular formula is C14H25NO3S. The van der Waals surface area contributed by atoms with E-state index in [-0.39, 0.29) is 23.5 Å². The second-order valence-corrected chi connectivity index (χ2v) is 7.65. The molecule has 19 heavy (non-hydrogen) atoms. The van der Waals surface area contributed by atoms with Gasteiger partial charge in [-0.3, -0.25) is 4.79 Å². The molecule has 0 aliphatic heterocycles. The fourth-order valence-electron chi connectivity index (χ4n) is 2.43. The van der Waals surface area contributed by atoms with Gasteiger partial charge < -0.3 is 4.90 Å². The van der Waals surface area contributed by atoms with Crippen molar-refractivity contribution in [2.75, 3.05) is 18.6 Å². The van der Waals surface area contributed by atoms with Gasteiger partial charge in [-0.1, -0.05) is 19.1 Å². The van der Waals surface area contributed by atoms with Crippen molar-refractivity contribution in [2.45, 2.75) is 45.6 Å². The molecule has 1 fully saturated rings. The summed E-state index contributed by atoms with van der Waals surface area (Å²) in [7, 11) is -1.59. The van der Waals surface area contributed by atoms with E-state index >= 15 is 0 Å². The van der Waals surface area contributed by atoms with E-state index in [9.17, 15) is 13.2 Å². The lowest BCUT2D eigenvalue weighted by molar-refractivity contribution is -0.129. The number of rotatable bonds is 5. The summed E-state index contributed by atoms with van der Waals surface area (Å²) >= 11 is 0. The van der Waals surface area contributed by atoms with Crippen molar-refractivity contribution in [3.8, 4) is 0 Å². The van der Waals surface area contributed by atoms with Gasteiger partial charge in [0, 0.05) is 13.1 Å². The summed E-state index contributed by atoms with van der Waals surface area (Å²) in [6.45, 7) is 3.99. The number of allylic oxidation sites excluding steroid dienone is 1. The summed E-state index contributed by atoms with van der Waals surface area (Å²) in [5.74, 6) is 0.0206. The molecule has 0 aromatic carbocycles. The Bertz CT molecular complexity index is 420. The average molecular weight is 287 g/mol. The maximum atomic E-state index is 12.0.